The molecule has 3 heteroatoms. The van der Waals surface area contributed by atoms with Gasteiger partial charge in [0.05, 0.1) is 0 Å². The Labute approximate surface area is 75.6 Å². The van der Waals surface area contributed by atoms with Crippen LogP contribution < -0.4 is 11.3 Å². The van der Waals surface area contributed by atoms with Crippen LogP contribution in [-0.4, -0.2) is 31.6 Å². The molecule has 0 aliphatic carbocycles. The van der Waals surface area contributed by atoms with Crippen LogP contribution in [-0.2, 0) is 0 Å². The number of nitrogens with one attached hydrogen (secondary N) is 1. The number of nitrogens with zero attached hydrogens (tertiary/aromatic N) is 1. The molecule has 0 aromatic rings. The molecule has 0 aliphatic rings. The van der Waals surface area contributed by atoms with Crippen molar-refractivity contribution < 1.29 is 0 Å². The average molecular weight is 171 g/mol. The summed E-state index contributed by atoms with van der Waals surface area (Å²) in [5.41, 5.74) is 4.02. The number of hydrogen-bond donors (Lipinski definition) is 2. The zero-order valence-corrected chi connectivity index (χ0v) is 8.43. The number of allylic oxidation sites excluding steroid dienone is 1. The zero-order chi connectivity index (χ0) is 9.56. The molecule has 72 valence electrons. The van der Waals surface area contributed by atoms with Crippen LogP contribution in [0.1, 0.15) is 19.8 Å². The third-order valence-corrected chi connectivity index (χ3v) is 1.74. The summed E-state index contributed by atoms with van der Waals surface area (Å²) in [5.74, 6) is 5.40. The van der Waals surface area contributed by atoms with Gasteiger partial charge in [-0.05, 0) is 33.9 Å². The van der Waals surface area contributed by atoms with Crippen molar-refractivity contribution in [3.05, 3.63) is 12.2 Å². The van der Waals surface area contributed by atoms with Crippen LogP contribution >= 0.6 is 0 Å². The molecule has 0 radical (unpaired) electrons. The molecule has 0 aromatic heterocycles. The first-order valence-electron chi connectivity index (χ1n) is 4.31. The van der Waals surface area contributed by atoms with E-state index in [9.17, 15) is 0 Å². The summed E-state index contributed by atoms with van der Waals surface area (Å²) in [6.07, 6.45) is 2.10. The van der Waals surface area contributed by atoms with Gasteiger partial charge in [0.2, 0.25) is 0 Å². The van der Waals surface area contributed by atoms with Gasteiger partial charge in [-0.15, -0.1) is 6.58 Å². The normalized spacial score (nSPS) is 13.4. The molecule has 1 unspecified atom stereocenters. The van der Waals surface area contributed by atoms with Gasteiger partial charge in [-0.3, -0.25) is 11.3 Å². The maximum absolute atomic E-state index is 5.40. The summed E-state index contributed by atoms with van der Waals surface area (Å²) in [6, 6.07) is 0.372. The van der Waals surface area contributed by atoms with Crippen molar-refractivity contribution in [3.8, 4) is 0 Å². The molecule has 0 saturated heterocycles. The van der Waals surface area contributed by atoms with Crippen molar-refractivity contribution in [1.82, 2.24) is 10.3 Å². The summed E-state index contributed by atoms with van der Waals surface area (Å²) < 4.78 is 0. The first-order chi connectivity index (χ1) is 5.56. The lowest BCUT2D eigenvalue weighted by Crippen LogP contribution is -2.42. The molecular formula is C9H21N3. The number of rotatable bonds is 6. The fourth-order valence-electron chi connectivity index (χ4n) is 1.09. The predicted molar refractivity (Wildman–Crippen MR) is 53.7 cm³/mol. The van der Waals surface area contributed by atoms with Gasteiger partial charge in [0.25, 0.3) is 0 Å². The van der Waals surface area contributed by atoms with Gasteiger partial charge in [-0.25, -0.2) is 0 Å². The smallest absolute Gasteiger partial charge is 0.0340 e. The fourth-order valence-corrected chi connectivity index (χ4v) is 1.09. The van der Waals surface area contributed by atoms with E-state index in [0.717, 1.165) is 19.4 Å². The van der Waals surface area contributed by atoms with Crippen LogP contribution in [0.5, 0.6) is 0 Å². The molecule has 0 bridgehead atoms. The average Bonchev–Trinajstić information content (AvgIpc) is 1.97. The molecule has 0 heterocycles. The van der Waals surface area contributed by atoms with Gasteiger partial charge in [-0.1, -0.05) is 5.57 Å². The van der Waals surface area contributed by atoms with Crippen LogP contribution in [0.3, 0.4) is 0 Å². The number of hydrogen-bond acceptors (Lipinski definition) is 3. The van der Waals surface area contributed by atoms with Crippen molar-refractivity contribution in [2.75, 3.05) is 20.6 Å². The molecule has 0 aromatic carbocycles. The summed E-state index contributed by atoms with van der Waals surface area (Å²) in [6.45, 7) is 6.88. The highest BCUT2D eigenvalue weighted by Gasteiger charge is 2.06. The fraction of sp³-hybridized carbons (Fsp3) is 0.778. The van der Waals surface area contributed by atoms with E-state index >= 15 is 0 Å². The summed E-state index contributed by atoms with van der Waals surface area (Å²) in [5, 5.41) is 0. The van der Waals surface area contributed by atoms with E-state index < -0.39 is 0 Å². The highest BCUT2D eigenvalue weighted by Crippen LogP contribution is 2.04. The van der Waals surface area contributed by atoms with Crippen LogP contribution in [0.4, 0.5) is 0 Å². The van der Waals surface area contributed by atoms with Gasteiger partial charge in [0.1, 0.15) is 0 Å². The predicted octanol–water partition coefficient (Wildman–Crippen LogP) is 0.736. The Balaban J connectivity index is 3.60. The third kappa shape index (κ3) is 6.34. The Bertz CT molecular complexity index is 132. The molecule has 0 aliphatic heterocycles. The minimum Gasteiger partial charge on any atom is -0.308 e. The molecule has 0 fully saturated rings. The van der Waals surface area contributed by atoms with Crippen molar-refractivity contribution in [2.45, 2.75) is 25.8 Å². The molecule has 1 atom stereocenters. The molecule has 0 spiro atoms. The monoisotopic (exact) mass is 171 g/mol. The first-order valence-corrected chi connectivity index (χ1v) is 4.31. The van der Waals surface area contributed by atoms with E-state index in [1.807, 2.05) is 21.0 Å². The van der Waals surface area contributed by atoms with E-state index in [1.54, 1.807) is 0 Å². The Hall–Kier alpha value is -0.380. The van der Waals surface area contributed by atoms with E-state index in [-0.39, 0.29) is 0 Å². The number of hydrazine groups is 1. The van der Waals surface area contributed by atoms with Gasteiger partial charge in [0.15, 0.2) is 0 Å². The van der Waals surface area contributed by atoms with Gasteiger partial charge in [-0.2, -0.15) is 0 Å². The van der Waals surface area contributed by atoms with Crippen LogP contribution in [0.15, 0.2) is 12.2 Å². The van der Waals surface area contributed by atoms with Crippen molar-refractivity contribution >= 4 is 0 Å². The highest BCUT2D eigenvalue weighted by molar-refractivity contribution is 4.89. The molecule has 0 saturated carbocycles. The maximum Gasteiger partial charge on any atom is 0.0340 e. The topological polar surface area (TPSA) is 41.3 Å². The second-order valence-corrected chi connectivity index (χ2v) is 3.62. The quantitative estimate of drug-likeness (QED) is 0.352. The Morgan fingerprint density at radius 1 is 1.58 bits per heavy atom. The Morgan fingerprint density at radius 2 is 2.17 bits per heavy atom. The van der Waals surface area contributed by atoms with E-state index in [0.29, 0.717) is 6.04 Å². The number of likely N-dealkylation sites (N-methyl/N-ethyl adjacent to an activating group) is 1. The summed E-state index contributed by atoms with van der Waals surface area (Å²) in [7, 11) is 4.09. The first kappa shape index (κ1) is 11.6. The number of nitrogens with two attached hydrogens (primary N) is 1. The van der Waals surface area contributed by atoms with Crippen LogP contribution in [0.25, 0.3) is 0 Å². The highest BCUT2D eigenvalue weighted by atomic mass is 15.3. The molecule has 3 nitrogen and oxygen atoms in total. The van der Waals surface area contributed by atoms with Gasteiger partial charge < -0.3 is 4.90 Å². The van der Waals surface area contributed by atoms with Gasteiger partial charge >= 0.3 is 0 Å². The Kier molecular flexibility index (Phi) is 5.98. The summed E-state index contributed by atoms with van der Waals surface area (Å²) >= 11 is 0. The zero-order valence-electron chi connectivity index (χ0n) is 8.43. The minimum atomic E-state index is 0.372. The Morgan fingerprint density at radius 3 is 2.50 bits per heavy atom. The van der Waals surface area contributed by atoms with Crippen molar-refractivity contribution in [2.24, 2.45) is 5.84 Å². The lowest BCUT2D eigenvalue weighted by Gasteiger charge is -2.19. The molecule has 12 heavy (non-hydrogen) atoms. The lowest BCUT2D eigenvalue weighted by molar-refractivity contribution is 0.329. The molecule has 3 N–H and O–H groups in total. The van der Waals surface area contributed by atoms with Gasteiger partial charge in [0, 0.05) is 12.6 Å². The maximum atomic E-state index is 5.40. The molecule has 0 rings (SSSR count). The molecular weight excluding hydrogens is 150 g/mol. The second-order valence-electron chi connectivity index (χ2n) is 3.62. The van der Waals surface area contributed by atoms with Crippen molar-refractivity contribution in [3.63, 3.8) is 0 Å². The second kappa shape index (κ2) is 6.17. The largest absolute Gasteiger partial charge is 0.308 e. The van der Waals surface area contributed by atoms with E-state index in [2.05, 4.69) is 16.9 Å². The van der Waals surface area contributed by atoms with E-state index in [4.69, 9.17) is 5.84 Å². The minimum absolute atomic E-state index is 0.372. The van der Waals surface area contributed by atoms with Crippen molar-refractivity contribution in [1.29, 1.82) is 0 Å². The van der Waals surface area contributed by atoms with E-state index in [1.165, 1.54) is 5.57 Å². The third-order valence-electron chi connectivity index (χ3n) is 1.74. The standard InChI is InChI=1S/C9H21N3/c1-8(2)5-6-9(11-10)7-12(3)4/h9,11H,1,5-7,10H2,2-4H3. The van der Waals surface area contributed by atoms with Crippen LogP contribution in [0.2, 0.25) is 0 Å². The molecule has 0 amide bonds. The SMILES string of the molecule is C=C(C)CCC(CN(C)C)NN. The lowest BCUT2D eigenvalue weighted by atomic mass is 10.1. The van der Waals surface area contributed by atoms with Crippen LogP contribution in [0, 0.1) is 0 Å². The summed E-state index contributed by atoms with van der Waals surface area (Å²) in [4.78, 5) is 2.13.